The van der Waals surface area contributed by atoms with Gasteiger partial charge in [0.15, 0.2) is 0 Å². The van der Waals surface area contributed by atoms with Crippen LogP contribution < -0.4 is 10.4 Å². The molecule has 0 amide bonds. The minimum absolute atomic E-state index is 0.00119. The zero-order chi connectivity index (χ0) is 18.8. The van der Waals surface area contributed by atoms with Crippen LogP contribution in [0.3, 0.4) is 0 Å². The number of aliphatic carboxylic acids is 1. The summed E-state index contributed by atoms with van der Waals surface area (Å²) in [6.45, 7) is 0.330. The van der Waals surface area contributed by atoms with Crippen molar-refractivity contribution in [2.24, 2.45) is 0 Å². The van der Waals surface area contributed by atoms with Crippen molar-refractivity contribution < 1.29 is 19.1 Å². The quantitative estimate of drug-likeness (QED) is 0.427. The average Bonchev–Trinajstić information content (AvgIpc) is 2.67. The zero-order valence-electron chi connectivity index (χ0n) is 14.3. The number of hydrogen-bond acceptors (Lipinski definition) is 4. The van der Waals surface area contributed by atoms with Crippen LogP contribution in [0.2, 0.25) is 0 Å². The number of fused-ring (bicyclic) bond motifs is 3. The molecule has 0 bridgehead atoms. The van der Waals surface area contributed by atoms with Crippen molar-refractivity contribution in [3.8, 4) is 5.75 Å². The lowest BCUT2D eigenvalue weighted by molar-refractivity contribution is -0.136. The minimum atomic E-state index is -0.857. The van der Waals surface area contributed by atoms with Crippen LogP contribution in [0.4, 0.5) is 0 Å². The lowest BCUT2D eigenvalue weighted by Crippen LogP contribution is -2.01. The maximum Gasteiger partial charge on any atom is 0.344 e. The lowest BCUT2D eigenvalue weighted by atomic mass is 10.1. The summed E-state index contributed by atoms with van der Waals surface area (Å²) in [5.41, 5.74) is 1.77. The molecule has 3 aromatic carbocycles. The smallest absolute Gasteiger partial charge is 0.344 e. The highest BCUT2D eigenvalue weighted by atomic mass is 16.5. The predicted octanol–water partition coefficient (Wildman–Crippen LogP) is 4.15. The summed E-state index contributed by atoms with van der Waals surface area (Å²) in [4.78, 5) is 22.9. The van der Waals surface area contributed by atoms with Crippen molar-refractivity contribution in [1.29, 1.82) is 0 Å². The van der Waals surface area contributed by atoms with Gasteiger partial charge in [-0.15, -0.1) is 0 Å². The summed E-state index contributed by atoms with van der Waals surface area (Å²) >= 11 is 0. The first kappa shape index (κ1) is 16.8. The highest BCUT2D eigenvalue weighted by Gasteiger charge is 2.08. The molecule has 5 heteroatoms. The van der Waals surface area contributed by atoms with Crippen LogP contribution in [0.15, 0.2) is 75.9 Å². The molecule has 1 aromatic heterocycles. The zero-order valence-corrected chi connectivity index (χ0v) is 14.3. The van der Waals surface area contributed by atoms with E-state index in [9.17, 15) is 9.59 Å². The van der Waals surface area contributed by atoms with Crippen molar-refractivity contribution in [2.45, 2.75) is 13.0 Å². The van der Waals surface area contributed by atoms with Crippen LogP contribution >= 0.6 is 0 Å². The second-order valence-corrected chi connectivity index (χ2v) is 6.27. The van der Waals surface area contributed by atoms with Gasteiger partial charge in [0.1, 0.15) is 17.9 Å². The minimum Gasteiger partial charge on any atom is -0.489 e. The molecular formula is C22H16O5. The molecule has 0 fully saturated rings. The third-order valence-electron chi connectivity index (χ3n) is 4.38. The number of carboxylic acid groups (broad SMARTS) is 1. The van der Waals surface area contributed by atoms with Crippen LogP contribution in [-0.2, 0) is 17.8 Å². The Kier molecular flexibility index (Phi) is 4.34. The number of ether oxygens (including phenoxy) is 1. The summed E-state index contributed by atoms with van der Waals surface area (Å²) in [5, 5.41) is 11.1. The first-order valence-electron chi connectivity index (χ1n) is 8.48. The number of carboxylic acids is 1. The molecule has 1 heterocycles. The molecule has 134 valence electrons. The Balaban J connectivity index is 1.57. The van der Waals surface area contributed by atoms with Gasteiger partial charge >= 0.3 is 11.6 Å². The Hall–Kier alpha value is -3.60. The Labute approximate surface area is 154 Å². The van der Waals surface area contributed by atoms with E-state index in [2.05, 4.69) is 0 Å². The Morgan fingerprint density at radius 2 is 1.59 bits per heavy atom. The SMILES string of the molecule is O=C(O)Cc1ccc(COc2ccc3c(c2)oc(=O)c2ccccc23)cc1. The van der Waals surface area contributed by atoms with E-state index in [0.717, 1.165) is 21.9 Å². The molecule has 27 heavy (non-hydrogen) atoms. The van der Waals surface area contributed by atoms with Gasteiger partial charge in [-0.05, 0) is 34.7 Å². The third-order valence-corrected chi connectivity index (χ3v) is 4.38. The van der Waals surface area contributed by atoms with Gasteiger partial charge in [0.05, 0.1) is 11.8 Å². The van der Waals surface area contributed by atoms with E-state index in [-0.39, 0.29) is 12.0 Å². The molecule has 0 spiro atoms. The number of benzene rings is 3. The van der Waals surface area contributed by atoms with E-state index in [4.69, 9.17) is 14.3 Å². The van der Waals surface area contributed by atoms with E-state index in [0.29, 0.717) is 23.3 Å². The van der Waals surface area contributed by atoms with Gasteiger partial charge < -0.3 is 14.3 Å². The first-order valence-corrected chi connectivity index (χ1v) is 8.48. The normalized spacial score (nSPS) is 11.0. The second kappa shape index (κ2) is 6.96. The molecular weight excluding hydrogens is 344 g/mol. The summed E-state index contributed by atoms with van der Waals surface area (Å²) < 4.78 is 11.2. The van der Waals surface area contributed by atoms with E-state index in [1.54, 1.807) is 24.3 Å². The Bertz CT molecular complexity index is 1190. The highest BCUT2D eigenvalue weighted by Crippen LogP contribution is 2.26. The van der Waals surface area contributed by atoms with Gasteiger partial charge in [-0.2, -0.15) is 0 Å². The van der Waals surface area contributed by atoms with Crippen LogP contribution in [0.1, 0.15) is 11.1 Å². The third kappa shape index (κ3) is 3.53. The Morgan fingerprint density at radius 1 is 0.889 bits per heavy atom. The summed E-state index contributed by atoms with van der Waals surface area (Å²) in [6.07, 6.45) is -0.00119. The second-order valence-electron chi connectivity index (χ2n) is 6.27. The molecule has 0 saturated heterocycles. The number of hydrogen-bond donors (Lipinski definition) is 1. The summed E-state index contributed by atoms with van der Waals surface area (Å²) in [7, 11) is 0. The number of rotatable bonds is 5. The maximum absolute atomic E-state index is 12.1. The molecule has 4 rings (SSSR count). The van der Waals surface area contributed by atoms with Crippen molar-refractivity contribution in [3.63, 3.8) is 0 Å². The lowest BCUT2D eigenvalue weighted by Gasteiger charge is -2.08. The molecule has 0 aliphatic rings. The molecule has 0 aliphatic heterocycles. The fraction of sp³-hybridized carbons (Fsp3) is 0.0909. The van der Waals surface area contributed by atoms with Gasteiger partial charge in [-0.3, -0.25) is 4.79 Å². The van der Waals surface area contributed by atoms with Gasteiger partial charge in [0.2, 0.25) is 0 Å². The monoisotopic (exact) mass is 360 g/mol. The summed E-state index contributed by atoms with van der Waals surface area (Å²) in [6, 6.07) is 20.0. The fourth-order valence-electron chi connectivity index (χ4n) is 3.04. The highest BCUT2D eigenvalue weighted by molar-refractivity contribution is 6.04. The first-order chi connectivity index (χ1) is 13.1. The van der Waals surface area contributed by atoms with Crippen LogP contribution in [0.5, 0.6) is 5.75 Å². The predicted molar refractivity (Wildman–Crippen MR) is 102 cm³/mol. The topological polar surface area (TPSA) is 76.7 Å². The molecule has 0 radical (unpaired) electrons. The average molecular weight is 360 g/mol. The molecule has 0 atom stereocenters. The summed E-state index contributed by atoms with van der Waals surface area (Å²) in [5.74, 6) is -0.264. The Morgan fingerprint density at radius 3 is 2.33 bits per heavy atom. The molecule has 0 saturated carbocycles. The van der Waals surface area contributed by atoms with Gasteiger partial charge in [-0.25, -0.2) is 4.79 Å². The van der Waals surface area contributed by atoms with Crippen molar-refractivity contribution in [3.05, 3.63) is 88.3 Å². The van der Waals surface area contributed by atoms with Crippen molar-refractivity contribution in [1.82, 2.24) is 0 Å². The van der Waals surface area contributed by atoms with Gasteiger partial charge in [0.25, 0.3) is 0 Å². The molecule has 5 nitrogen and oxygen atoms in total. The standard InChI is InChI=1S/C22H16O5/c23-21(24)11-14-5-7-15(8-6-14)13-26-16-9-10-18-17-3-1-2-4-19(17)22(25)27-20(18)12-16/h1-10,12H,11,13H2,(H,23,24). The van der Waals surface area contributed by atoms with Crippen LogP contribution in [-0.4, -0.2) is 11.1 Å². The molecule has 0 unspecified atom stereocenters. The maximum atomic E-state index is 12.1. The van der Waals surface area contributed by atoms with Gasteiger partial charge in [-0.1, -0.05) is 42.5 Å². The van der Waals surface area contributed by atoms with Crippen molar-refractivity contribution >= 4 is 27.7 Å². The van der Waals surface area contributed by atoms with Gasteiger partial charge in [0, 0.05) is 11.5 Å². The number of carbonyl (C=O) groups is 1. The molecule has 0 aliphatic carbocycles. The van der Waals surface area contributed by atoms with E-state index < -0.39 is 5.97 Å². The van der Waals surface area contributed by atoms with Crippen LogP contribution in [0.25, 0.3) is 21.7 Å². The van der Waals surface area contributed by atoms with E-state index in [1.807, 2.05) is 42.5 Å². The van der Waals surface area contributed by atoms with Crippen LogP contribution in [0, 0.1) is 0 Å². The van der Waals surface area contributed by atoms with Crippen molar-refractivity contribution in [2.75, 3.05) is 0 Å². The largest absolute Gasteiger partial charge is 0.489 e. The molecule has 4 aromatic rings. The fourth-order valence-corrected chi connectivity index (χ4v) is 3.04. The van der Waals surface area contributed by atoms with E-state index >= 15 is 0 Å². The van der Waals surface area contributed by atoms with E-state index in [1.165, 1.54) is 0 Å². The molecule has 1 N–H and O–H groups in total.